The third-order valence-corrected chi connectivity index (χ3v) is 4.46. The van der Waals surface area contributed by atoms with Gasteiger partial charge in [-0.15, -0.1) is 10.2 Å². The Balaban J connectivity index is 1.38. The molecule has 0 saturated heterocycles. The van der Waals surface area contributed by atoms with Crippen molar-refractivity contribution in [2.75, 3.05) is 6.54 Å². The summed E-state index contributed by atoms with van der Waals surface area (Å²) in [6.07, 6.45) is 4.42. The Bertz CT molecular complexity index is 1050. The lowest BCUT2D eigenvalue weighted by Gasteiger charge is -2.07. The Kier molecular flexibility index (Phi) is 4.11. The number of aromatic nitrogens is 4. The number of amides is 1. The summed E-state index contributed by atoms with van der Waals surface area (Å²) >= 11 is 6.17. The zero-order chi connectivity index (χ0) is 17.2. The fourth-order valence-electron chi connectivity index (χ4n) is 2.91. The molecule has 0 atom stereocenters. The molecule has 0 fully saturated rings. The average Bonchev–Trinajstić information content (AvgIpc) is 3.21. The molecular weight excluding hydrogens is 338 g/mol. The van der Waals surface area contributed by atoms with E-state index in [0.29, 0.717) is 18.0 Å². The van der Waals surface area contributed by atoms with Gasteiger partial charge in [0, 0.05) is 41.3 Å². The van der Waals surface area contributed by atoms with E-state index >= 15 is 0 Å². The van der Waals surface area contributed by atoms with Gasteiger partial charge in [-0.05, 0) is 30.3 Å². The van der Waals surface area contributed by atoms with E-state index in [1.807, 2.05) is 63.8 Å². The van der Waals surface area contributed by atoms with E-state index in [-0.39, 0.29) is 12.5 Å². The van der Waals surface area contributed by atoms with Crippen molar-refractivity contribution in [3.8, 4) is 0 Å². The lowest BCUT2D eigenvalue weighted by atomic mass is 10.2. The minimum atomic E-state index is -0.0497. The van der Waals surface area contributed by atoms with Gasteiger partial charge in [-0.25, -0.2) is 0 Å². The van der Waals surface area contributed by atoms with E-state index in [4.69, 9.17) is 11.6 Å². The Labute approximate surface area is 149 Å². The molecular formula is C18H16ClN5O. The molecule has 4 aromatic rings. The first-order chi connectivity index (χ1) is 12.2. The van der Waals surface area contributed by atoms with Crippen LogP contribution in [0, 0.1) is 0 Å². The van der Waals surface area contributed by atoms with Crippen LogP contribution in [0.5, 0.6) is 0 Å². The van der Waals surface area contributed by atoms with Crippen LogP contribution in [-0.4, -0.2) is 31.6 Å². The van der Waals surface area contributed by atoms with Gasteiger partial charge in [0.25, 0.3) is 0 Å². The van der Waals surface area contributed by atoms with Crippen LogP contribution < -0.4 is 5.32 Å². The zero-order valence-corrected chi connectivity index (χ0v) is 14.1. The second-order valence-corrected chi connectivity index (χ2v) is 6.17. The average molecular weight is 354 g/mol. The van der Waals surface area contributed by atoms with Crippen molar-refractivity contribution < 1.29 is 4.79 Å². The summed E-state index contributed by atoms with van der Waals surface area (Å²) in [6, 6.07) is 13.4. The lowest BCUT2D eigenvalue weighted by molar-refractivity contribution is -0.121. The van der Waals surface area contributed by atoms with E-state index in [9.17, 15) is 4.79 Å². The van der Waals surface area contributed by atoms with Crippen molar-refractivity contribution in [1.82, 2.24) is 24.5 Å². The van der Waals surface area contributed by atoms with E-state index in [1.165, 1.54) is 0 Å². The summed E-state index contributed by atoms with van der Waals surface area (Å²) in [5.41, 5.74) is 1.76. The van der Waals surface area contributed by atoms with Crippen molar-refractivity contribution >= 4 is 34.1 Å². The van der Waals surface area contributed by atoms with Crippen LogP contribution in [0.4, 0.5) is 0 Å². The zero-order valence-electron chi connectivity index (χ0n) is 13.4. The van der Waals surface area contributed by atoms with E-state index in [0.717, 1.165) is 22.4 Å². The Morgan fingerprint density at radius 2 is 2.00 bits per heavy atom. The molecule has 25 heavy (non-hydrogen) atoms. The highest BCUT2D eigenvalue weighted by Gasteiger charge is 2.09. The monoisotopic (exact) mass is 353 g/mol. The number of fused-ring (bicyclic) bond motifs is 2. The standard InChI is InChI=1S/C18H16ClN5O/c19-14-4-3-5-15-13(14)8-11-23(15)12-18(25)20-9-7-17-22-21-16-6-1-2-10-24(16)17/h1-6,8,10-11H,7,9,12H2,(H,20,25). The van der Waals surface area contributed by atoms with Crippen LogP contribution in [0.3, 0.4) is 0 Å². The topological polar surface area (TPSA) is 64.2 Å². The molecule has 0 unspecified atom stereocenters. The van der Waals surface area contributed by atoms with E-state index in [1.54, 1.807) is 0 Å². The first-order valence-corrected chi connectivity index (χ1v) is 8.39. The van der Waals surface area contributed by atoms with Gasteiger partial charge >= 0.3 is 0 Å². The Morgan fingerprint density at radius 3 is 2.92 bits per heavy atom. The number of nitrogens with one attached hydrogen (secondary N) is 1. The summed E-state index contributed by atoms with van der Waals surface area (Å²) in [6.45, 7) is 0.763. The van der Waals surface area contributed by atoms with E-state index < -0.39 is 0 Å². The van der Waals surface area contributed by atoms with Crippen LogP contribution in [0.2, 0.25) is 5.02 Å². The molecule has 0 spiro atoms. The van der Waals surface area contributed by atoms with Crippen molar-refractivity contribution in [3.05, 3.63) is 65.7 Å². The van der Waals surface area contributed by atoms with Crippen LogP contribution in [0.25, 0.3) is 16.6 Å². The van der Waals surface area contributed by atoms with Crippen molar-refractivity contribution in [3.63, 3.8) is 0 Å². The molecule has 6 nitrogen and oxygen atoms in total. The highest BCUT2D eigenvalue weighted by atomic mass is 35.5. The number of carbonyl (C=O) groups is 1. The normalized spacial score (nSPS) is 11.2. The molecule has 0 radical (unpaired) electrons. The number of hydrogen-bond acceptors (Lipinski definition) is 3. The van der Waals surface area contributed by atoms with Crippen LogP contribution in [-0.2, 0) is 17.8 Å². The van der Waals surface area contributed by atoms with Gasteiger partial charge in [0.1, 0.15) is 12.4 Å². The molecule has 1 aromatic carbocycles. The number of halogens is 1. The number of pyridine rings is 1. The second kappa shape index (κ2) is 6.57. The van der Waals surface area contributed by atoms with Gasteiger partial charge < -0.3 is 9.88 Å². The molecule has 1 N–H and O–H groups in total. The summed E-state index contributed by atoms with van der Waals surface area (Å²) in [4.78, 5) is 12.2. The summed E-state index contributed by atoms with van der Waals surface area (Å²) < 4.78 is 3.82. The number of hydrogen-bond donors (Lipinski definition) is 1. The van der Waals surface area contributed by atoms with Gasteiger partial charge in [-0.3, -0.25) is 9.20 Å². The number of rotatable bonds is 5. The van der Waals surface area contributed by atoms with Gasteiger partial charge in [0.2, 0.25) is 5.91 Å². The lowest BCUT2D eigenvalue weighted by Crippen LogP contribution is -2.29. The first kappa shape index (κ1) is 15.7. The molecule has 3 heterocycles. The molecule has 1 amide bonds. The third-order valence-electron chi connectivity index (χ3n) is 4.13. The van der Waals surface area contributed by atoms with Gasteiger partial charge in [0.05, 0.1) is 0 Å². The van der Waals surface area contributed by atoms with Crippen molar-refractivity contribution in [1.29, 1.82) is 0 Å². The maximum Gasteiger partial charge on any atom is 0.239 e. The quantitative estimate of drug-likeness (QED) is 0.600. The van der Waals surface area contributed by atoms with Gasteiger partial charge in [0.15, 0.2) is 5.65 Å². The predicted octanol–water partition coefficient (Wildman–Crippen LogP) is 2.70. The maximum absolute atomic E-state index is 12.2. The van der Waals surface area contributed by atoms with E-state index in [2.05, 4.69) is 15.5 Å². The largest absolute Gasteiger partial charge is 0.354 e. The summed E-state index contributed by atoms with van der Waals surface area (Å²) in [7, 11) is 0. The molecule has 126 valence electrons. The molecule has 0 aliphatic heterocycles. The van der Waals surface area contributed by atoms with Gasteiger partial charge in [-0.1, -0.05) is 23.7 Å². The van der Waals surface area contributed by atoms with Crippen LogP contribution in [0.1, 0.15) is 5.82 Å². The Morgan fingerprint density at radius 1 is 1.08 bits per heavy atom. The van der Waals surface area contributed by atoms with Crippen molar-refractivity contribution in [2.45, 2.75) is 13.0 Å². The third kappa shape index (κ3) is 3.08. The molecule has 0 aliphatic rings. The van der Waals surface area contributed by atoms with Crippen LogP contribution >= 0.6 is 11.6 Å². The molecule has 0 saturated carbocycles. The summed E-state index contributed by atoms with van der Waals surface area (Å²) in [5, 5.41) is 12.8. The number of nitrogens with zero attached hydrogens (tertiary/aromatic N) is 4. The molecule has 4 rings (SSSR count). The minimum Gasteiger partial charge on any atom is -0.354 e. The number of benzene rings is 1. The van der Waals surface area contributed by atoms with Crippen LogP contribution in [0.15, 0.2) is 54.9 Å². The smallest absolute Gasteiger partial charge is 0.239 e. The first-order valence-electron chi connectivity index (χ1n) is 8.01. The summed E-state index contributed by atoms with van der Waals surface area (Å²) in [5.74, 6) is 0.778. The fraction of sp³-hybridized carbons (Fsp3) is 0.167. The van der Waals surface area contributed by atoms with Crippen molar-refractivity contribution in [2.24, 2.45) is 0 Å². The highest BCUT2D eigenvalue weighted by Crippen LogP contribution is 2.24. The Hall–Kier alpha value is -2.86. The molecule has 0 bridgehead atoms. The number of carbonyl (C=O) groups excluding carboxylic acids is 1. The molecule has 7 heteroatoms. The second-order valence-electron chi connectivity index (χ2n) is 5.76. The SMILES string of the molecule is O=C(Cn1ccc2c(Cl)cccc21)NCCc1nnc2ccccn12. The highest BCUT2D eigenvalue weighted by molar-refractivity contribution is 6.35. The minimum absolute atomic E-state index is 0.0497. The maximum atomic E-state index is 12.2. The molecule has 3 aromatic heterocycles. The fourth-order valence-corrected chi connectivity index (χ4v) is 3.14. The molecule has 0 aliphatic carbocycles. The van der Waals surface area contributed by atoms with Gasteiger partial charge in [-0.2, -0.15) is 0 Å². The predicted molar refractivity (Wildman–Crippen MR) is 96.6 cm³/mol.